The van der Waals surface area contributed by atoms with Crippen LogP contribution in [0, 0.1) is 0 Å². The fourth-order valence-electron chi connectivity index (χ4n) is 3.02. The second-order valence-corrected chi connectivity index (χ2v) is 8.10. The van der Waals surface area contributed by atoms with Crippen LogP contribution in [0.3, 0.4) is 0 Å². The molecule has 0 aliphatic rings. The lowest BCUT2D eigenvalue weighted by molar-refractivity contribution is -0.137. The number of hydrogen-bond acceptors (Lipinski definition) is 5. The summed E-state index contributed by atoms with van der Waals surface area (Å²) in [7, 11) is -2.24. The molecule has 0 aliphatic heterocycles. The zero-order valence-electron chi connectivity index (χ0n) is 15.9. The van der Waals surface area contributed by atoms with Gasteiger partial charge in [-0.25, -0.2) is 23.1 Å². The third kappa shape index (κ3) is 4.20. The Morgan fingerprint density at radius 2 is 1.93 bits per heavy atom. The molecule has 2 N–H and O–H groups in total. The van der Waals surface area contributed by atoms with Crippen LogP contribution >= 0.6 is 0 Å². The first-order valence-electron chi connectivity index (χ1n) is 8.80. The van der Waals surface area contributed by atoms with Crippen LogP contribution < -0.4 is 10.0 Å². The largest absolute Gasteiger partial charge is 0.416 e. The Bertz CT molecular complexity index is 1120. The number of rotatable bonds is 6. The van der Waals surface area contributed by atoms with Crippen LogP contribution in [0.4, 0.5) is 19.0 Å². The van der Waals surface area contributed by atoms with Crippen LogP contribution in [0.1, 0.15) is 31.3 Å². The number of nitrogens with zero attached hydrogens (tertiary/aromatic N) is 3. The molecule has 0 spiro atoms. The Morgan fingerprint density at radius 1 is 1.21 bits per heavy atom. The van der Waals surface area contributed by atoms with Crippen molar-refractivity contribution < 1.29 is 21.6 Å². The number of nitrogens with one attached hydrogen (secondary N) is 2. The number of sulfonamides is 1. The lowest BCUT2D eigenvalue weighted by Gasteiger charge is -2.16. The SMILES string of the molecule is CCn1c([C@@H](C)NS(=O)(=O)c2ccc(NC)nc2)nc2ccc(C(F)(F)F)cc21. The van der Waals surface area contributed by atoms with Gasteiger partial charge in [0.2, 0.25) is 10.0 Å². The minimum atomic E-state index is -4.48. The van der Waals surface area contributed by atoms with Crippen molar-refractivity contribution >= 4 is 26.9 Å². The first-order chi connectivity index (χ1) is 13.6. The molecule has 1 atom stereocenters. The molecule has 0 bridgehead atoms. The molecule has 0 radical (unpaired) electrons. The van der Waals surface area contributed by atoms with E-state index in [-0.39, 0.29) is 4.90 Å². The van der Waals surface area contributed by atoms with Gasteiger partial charge in [-0.15, -0.1) is 0 Å². The van der Waals surface area contributed by atoms with Crippen molar-refractivity contribution in [2.24, 2.45) is 0 Å². The predicted octanol–water partition coefficient (Wildman–Crippen LogP) is 3.55. The highest BCUT2D eigenvalue weighted by Crippen LogP contribution is 2.32. The lowest BCUT2D eigenvalue weighted by atomic mass is 10.2. The molecule has 2 aromatic heterocycles. The molecule has 0 fully saturated rings. The van der Waals surface area contributed by atoms with E-state index >= 15 is 0 Å². The number of hydrogen-bond donors (Lipinski definition) is 2. The van der Waals surface area contributed by atoms with Crippen LogP contribution in [-0.4, -0.2) is 30.0 Å². The van der Waals surface area contributed by atoms with Gasteiger partial charge in [-0.1, -0.05) is 0 Å². The van der Waals surface area contributed by atoms with Gasteiger partial charge >= 0.3 is 6.18 Å². The van der Waals surface area contributed by atoms with E-state index in [1.165, 1.54) is 24.4 Å². The Morgan fingerprint density at radius 3 is 2.48 bits per heavy atom. The first kappa shape index (κ1) is 21.1. The minimum Gasteiger partial charge on any atom is -0.373 e. The van der Waals surface area contributed by atoms with E-state index < -0.39 is 27.8 Å². The average molecular weight is 427 g/mol. The molecule has 0 aliphatic carbocycles. The summed E-state index contributed by atoms with van der Waals surface area (Å²) < 4.78 is 68.5. The first-order valence-corrected chi connectivity index (χ1v) is 10.3. The molecule has 3 aromatic rings. The maximum atomic E-state index is 13.0. The standard InChI is InChI=1S/C18H20F3N5O2S/c1-4-26-15-9-12(18(19,20)21)5-7-14(15)24-17(26)11(2)25-29(27,28)13-6-8-16(22-3)23-10-13/h5-11,25H,4H2,1-3H3,(H,22,23)/t11-/m1/s1. The number of aryl methyl sites for hydroxylation is 1. The summed E-state index contributed by atoms with van der Waals surface area (Å²) in [4.78, 5) is 8.32. The second kappa shape index (κ2) is 7.64. The average Bonchev–Trinajstić information content (AvgIpc) is 3.05. The molecule has 0 saturated carbocycles. The molecule has 1 aromatic carbocycles. The van der Waals surface area contributed by atoms with Crippen LogP contribution in [0.15, 0.2) is 41.4 Å². The zero-order chi connectivity index (χ0) is 21.4. The van der Waals surface area contributed by atoms with Crippen molar-refractivity contribution in [1.82, 2.24) is 19.3 Å². The molecule has 0 saturated heterocycles. The molecular formula is C18H20F3N5O2S. The molecule has 2 heterocycles. The highest BCUT2D eigenvalue weighted by Gasteiger charge is 2.31. The van der Waals surface area contributed by atoms with E-state index in [9.17, 15) is 21.6 Å². The lowest BCUT2D eigenvalue weighted by Crippen LogP contribution is -2.29. The number of aromatic nitrogens is 3. The number of alkyl halides is 3. The van der Waals surface area contributed by atoms with Crippen molar-refractivity contribution in [3.05, 3.63) is 47.9 Å². The van der Waals surface area contributed by atoms with Gasteiger partial charge in [-0.05, 0) is 44.2 Å². The van der Waals surface area contributed by atoms with Gasteiger partial charge in [-0.2, -0.15) is 13.2 Å². The molecule has 11 heteroatoms. The third-order valence-corrected chi connectivity index (χ3v) is 5.97. The number of halogens is 3. The topological polar surface area (TPSA) is 88.9 Å². The Hall–Kier alpha value is -2.66. The van der Waals surface area contributed by atoms with E-state index in [1.807, 2.05) is 0 Å². The molecular weight excluding hydrogens is 407 g/mol. The van der Waals surface area contributed by atoms with E-state index in [0.29, 0.717) is 29.2 Å². The van der Waals surface area contributed by atoms with Gasteiger partial charge in [0, 0.05) is 19.8 Å². The Balaban J connectivity index is 1.96. The van der Waals surface area contributed by atoms with Crippen molar-refractivity contribution in [3.8, 4) is 0 Å². The van der Waals surface area contributed by atoms with Crippen molar-refractivity contribution in [3.63, 3.8) is 0 Å². The van der Waals surface area contributed by atoms with Gasteiger partial charge < -0.3 is 9.88 Å². The fourth-order valence-corrected chi connectivity index (χ4v) is 4.17. The van der Waals surface area contributed by atoms with Crippen LogP contribution in [0.2, 0.25) is 0 Å². The van der Waals surface area contributed by atoms with Gasteiger partial charge in [0.25, 0.3) is 0 Å². The van der Waals surface area contributed by atoms with E-state index in [1.54, 1.807) is 25.5 Å². The normalized spacial score (nSPS) is 13.6. The third-order valence-electron chi connectivity index (χ3n) is 4.44. The summed E-state index contributed by atoms with van der Waals surface area (Å²) in [6.45, 7) is 3.68. The van der Waals surface area contributed by atoms with Crippen LogP contribution in [0.5, 0.6) is 0 Å². The number of fused-ring (bicyclic) bond motifs is 1. The van der Waals surface area contributed by atoms with E-state index in [0.717, 1.165) is 12.1 Å². The van der Waals surface area contributed by atoms with Crippen molar-refractivity contribution in [2.45, 2.75) is 37.5 Å². The highest BCUT2D eigenvalue weighted by molar-refractivity contribution is 7.89. The summed E-state index contributed by atoms with van der Waals surface area (Å²) in [5, 5.41) is 2.80. The quantitative estimate of drug-likeness (QED) is 0.628. The Labute approximate surface area is 166 Å². The number of anilines is 1. The zero-order valence-corrected chi connectivity index (χ0v) is 16.8. The van der Waals surface area contributed by atoms with Crippen molar-refractivity contribution in [1.29, 1.82) is 0 Å². The minimum absolute atomic E-state index is 0.0260. The molecule has 0 unspecified atom stereocenters. The maximum Gasteiger partial charge on any atom is 0.416 e. The highest BCUT2D eigenvalue weighted by atomic mass is 32.2. The molecule has 29 heavy (non-hydrogen) atoms. The van der Waals surface area contributed by atoms with Gasteiger partial charge in [0.05, 0.1) is 22.6 Å². The van der Waals surface area contributed by atoms with Gasteiger partial charge in [-0.3, -0.25) is 0 Å². The maximum absolute atomic E-state index is 13.0. The van der Waals surface area contributed by atoms with Crippen molar-refractivity contribution in [2.75, 3.05) is 12.4 Å². The molecule has 0 amide bonds. The molecule has 156 valence electrons. The summed E-state index contributed by atoms with van der Waals surface area (Å²) in [6, 6.07) is 5.44. The summed E-state index contributed by atoms with van der Waals surface area (Å²) in [6.07, 6.45) is -3.25. The van der Waals surface area contributed by atoms with Crippen LogP contribution in [0.25, 0.3) is 11.0 Å². The smallest absolute Gasteiger partial charge is 0.373 e. The van der Waals surface area contributed by atoms with Crippen LogP contribution in [-0.2, 0) is 22.7 Å². The summed E-state index contributed by atoms with van der Waals surface area (Å²) in [5.74, 6) is 0.843. The van der Waals surface area contributed by atoms with E-state index in [2.05, 4.69) is 20.0 Å². The second-order valence-electron chi connectivity index (χ2n) is 6.39. The Kier molecular flexibility index (Phi) is 5.54. The predicted molar refractivity (Wildman–Crippen MR) is 103 cm³/mol. The molecule has 7 nitrogen and oxygen atoms in total. The fraction of sp³-hybridized carbons (Fsp3) is 0.333. The van der Waals surface area contributed by atoms with Gasteiger partial charge in [0.1, 0.15) is 16.5 Å². The summed E-state index contributed by atoms with van der Waals surface area (Å²) >= 11 is 0. The van der Waals surface area contributed by atoms with E-state index in [4.69, 9.17) is 0 Å². The number of benzene rings is 1. The molecule has 3 rings (SSSR count). The van der Waals surface area contributed by atoms with Gasteiger partial charge in [0.15, 0.2) is 0 Å². The number of imidazole rings is 1. The number of pyridine rings is 1. The summed E-state index contributed by atoms with van der Waals surface area (Å²) in [5.41, 5.74) is -0.126. The monoisotopic (exact) mass is 427 g/mol.